The first-order valence-corrected chi connectivity index (χ1v) is 10.2. The fourth-order valence-corrected chi connectivity index (χ4v) is 5.00. The fourth-order valence-electron chi connectivity index (χ4n) is 5.00. The van der Waals surface area contributed by atoms with Crippen LogP contribution in [0.5, 0.6) is 5.75 Å². The standard InChI is InChI=1S/C22H21F3N4O2/c1-11(21(30)28-13-9-27-29(10-13)22(24)25)20-15-7-14(8-16(15)20)31-19-4-5-26-18-3-2-12(23)6-17(18)19/h2-6,9-11,14-16,20,22H,7-8H2,1H3,(H,28,30)/t11?,14?,15-,16+,20?. The van der Waals surface area contributed by atoms with Gasteiger partial charge in [-0.3, -0.25) is 9.78 Å². The highest BCUT2D eigenvalue weighted by molar-refractivity contribution is 5.92. The van der Waals surface area contributed by atoms with E-state index in [9.17, 15) is 18.0 Å². The third kappa shape index (κ3) is 3.73. The first-order valence-electron chi connectivity index (χ1n) is 10.2. The van der Waals surface area contributed by atoms with Crippen molar-refractivity contribution in [3.63, 3.8) is 0 Å². The summed E-state index contributed by atoms with van der Waals surface area (Å²) in [5.74, 6) is 0.881. The van der Waals surface area contributed by atoms with Crippen LogP contribution in [0.1, 0.15) is 26.3 Å². The summed E-state index contributed by atoms with van der Waals surface area (Å²) >= 11 is 0. The lowest BCUT2D eigenvalue weighted by Crippen LogP contribution is -2.25. The van der Waals surface area contributed by atoms with Crippen molar-refractivity contribution in [3.05, 3.63) is 48.7 Å². The van der Waals surface area contributed by atoms with E-state index in [0.29, 0.717) is 33.2 Å². The number of nitrogens with zero attached hydrogens (tertiary/aromatic N) is 3. The third-order valence-electron chi connectivity index (χ3n) is 6.49. The van der Waals surface area contributed by atoms with Gasteiger partial charge in [-0.2, -0.15) is 13.9 Å². The molecule has 2 aromatic heterocycles. The number of anilines is 1. The van der Waals surface area contributed by atoms with Gasteiger partial charge >= 0.3 is 6.55 Å². The van der Waals surface area contributed by atoms with Gasteiger partial charge in [-0.25, -0.2) is 9.07 Å². The highest BCUT2D eigenvalue weighted by Gasteiger charge is 2.59. The van der Waals surface area contributed by atoms with Gasteiger partial charge in [0.2, 0.25) is 5.91 Å². The lowest BCUT2D eigenvalue weighted by molar-refractivity contribution is -0.120. The fraction of sp³-hybridized carbons (Fsp3) is 0.409. The molecule has 0 saturated heterocycles. The number of pyridine rings is 1. The van der Waals surface area contributed by atoms with Gasteiger partial charge in [0.25, 0.3) is 0 Å². The molecule has 1 amide bonds. The summed E-state index contributed by atoms with van der Waals surface area (Å²) in [4.78, 5) is 16.8. The van der Waals surface area contributed by atoms with Crippen molar-refractivity contribution in [2.24, 2.45) is 23.7 Å². The SMILES string of the molecule is CC(C(=O)Nc1cnn(C(F)F)c1)C1[C@H]2CC(Oc3ccnc4ccc(F)cc34)C[C@@H]12. The summed E-state index contributed by atoms with van der Waals surface area (Å²) in [6, 6.07) is 6.18. The average molecular weight is 430 g/mol. The van der Waals surface area contributed by atoms with Crippen molar-refractivity contribution >= 4 is 22.5 Å². The molecule has 31 heavy (non-hydrogen) atoms. The number of amides is 1. The van der Waals surface area contributed by atoms with Gasteiger partial charge in [0.05, 0.1) is 29.7 Å². The van der Waals surface area contributed by atoms with E-state index >= 15 is 0 Å². The number of benzene rings is 1. The maximum absolute atomic E-state index is 13.6. The third-order valence-corrected chi connectivity index (χ3v) is 6.49. The van der Waals surface area contributed by atoms with Crippen LogP contribution in [0.3, 0.4) is 0 Å². The normalized spacial score (nSPS) is 25.5. The summed E-state index contributed by atoms with van der Waals surface area (Å²) < 4.78 is 45.6. The van der Waals surface area contributed by atoms with E-state index in [1.165, 1.54) is 18.3 Å². The van der Waals surface area contributed by atoms with Crippen LogP contribution in [0.2, 0.25) is 0 Å². The van der Waals surface area contributed by atoms with Crippen molar-refractivity contribution in [1.29, 1.82) is 0 Å². The van der Waals surface area contributed by atoms with Crippen LogP contribution < -0.4 is 10.1 Å². The van der Waals surface area contributed by atoms with Gasteiger partial charge < -0.3 is 10.1 Å². The molecular formula is C22H21F3N4O2. The van der Waals surface area contributed by atoms with Crippen molar-refractivity contribution in [3.8, 4) is 5.75 Å². The Balaban J connectivity index is 1.18. The number of halogens is 3. The molecule has 3 aromatic rings. The molecule has 2 saturated carbocycles. The summed E-state index contributed by atoms with van der Waals surface area (Å²) in [6.07, 6.45) is 5.66. The van der Waals surface area contributed by atoms with Crippen molar-refractivity contribution in [1.82, 2.24) is 14.8 Å². The lowest BCUT2D eigenvalue weighted by atomic mass is 9.97. The molecule has 0 spiro atoms. The van der Waals surface area contributed by atoms with Crippen LogP contribution in [0, 0.1) is 29.5 Å². The van der Waals surface area contributed by atoms with Crippen LogP contribution in [0.4, 0.5) is 18.9 Å². The minimum Gasteiger partial charge on any atom is -0.490 e. The molecule has 2 fully saturated rings. The molecule has 1 N–H and O–H groups in total. The predicted octanol–water partition coefficient (Wildman–Crippen LogP) is 4.64. The van der Waals surface area contributed by atoms with Crippen LogP contribution in [0.15, 0.2) is 42.9 Å². The maximum atomic E-state index is 13.6. The van der Waals surface area contributed by atoms with Crippen molar-refractivity contribution in [2.45, 2.75) is 32.4 Å². The molecule has 2 heterocycles. The summed E-state index contributed by atoms with van der Waals surface area (Å²) in [5.41, 5.74) is 0.946. The number of hydrogen-bond acceptors (Lipinski definition) is 4. The summed E-state index contributed by atoms with van der Waals surface area (Å²) in [7, 11) is 0. The van der Waals surface area contributed by atoms with Gasteiger partial charge in [-0.05, 0) is 54.9 Å². The topological polar surface area (TPSA) is 69.0 Å². The quantitative estimate of drug-likeness (QED) is 0.619. The molecule has 2 aliphatic carbocycles. The number of alkyl halides is 2. The highest BCUT2D eigenvalue weighted by atomic mass is 19.3. The summed E-state index contributed by atoms with van der Waals surface area (Å²) in [6.45, 7) is -0.873. The van der Waals surface area contributed by atoms with Gasteiger partial charge in [-0.15, -0.1) is 0 Å². The first-order chi connectivity index (χ1) is 14.9. The van der Waals surface area contributed by atoms with E-state index in [-0.39, 0.29) is 35.4 Å². The Labute approximate surface area is 176 Å². The van der Waals surface area contributed by atoms with E-state index in [1.54, 1.807) is 18.3 Å². The van der Waals surface area contributed by atoms with E-state index < -0.39 is 6.55 Å². The Hall–Kier alpha value is -3.10. The number of rotatable bonds is 6. The Bertz CT molecular complexity index is 1120. The van der Waals surface area contributed by atoms with Gasteiger partial charge in [0.1, 0.15) is 11.6 Å². The molecule has 162 valence electrons. The Morgan fingerprint density at radius 1 is 1.26 bits per heavy atom. The number of fused-ring (bicyclic) bond motifs is 2. The van der Waals surface area contributed by atoms with Crippen molar-refractivity contribution in [2.75, 3.05) is 5.32 Å². The molecule has 0 bridgehead atoms. The van der Waals surface area contributed by atoms with Crippen LogP contribution in [0.25, 0.3) is 10.9 Å². The first kappa shape index (κ1) is 19.8. The molecule has 2 aliphatic rings. The number of carbonyl (C=O) groups is 1. The van der Waals surface area contributed by atoms with Gasteiger partial charge in [-0.1, -0.05) is 6.92 Å². The summed E-state index contributed by atoms with van der Waals surface area (Å²) in [5, 5.41) is 6.85. The van der Waals surface area contributed by atoms with Crippen LogP contribution >= 0.6 is 0 Å². The molecule has 5 rings (SSSR count). The number of nitrogens with one attached hydrogen (secondary N) is 1. The zero-order chi connectivity index (χ0) is 21.7. The molecule has 3 unspecified atom stereocenters. The number of ether oxygens (including phenoxy) is 1. The Kier molecular flexibility index (Phi) is 4.83. The zero-order valence-corrected chi connectivity index (χ0v) is 16.7. The smallest absolute Gasteiger partial charge is 0.333 e. The van der Waals surface area contributed by atoms with Crippen molar-refractivity contribution < 1.29 is 22.7 Å². The van der Waals surface area contributed by atoms with Crippen LogP contribution in [-0.2, 0) is 4.79 Å². The molecule has 5 atom stereocenters. The van der Waals surface area contributed by atoms with E-state index in [2.05, 4.69) is 15.4 Å². The molecule has 9 heteroatoms. The monoisotopic (exact) mass is 430 g/mol. The highest BCUT2D eigenvalue weighted by Crippen LogP contribution is 2.61. The average Bonchev–Trinajstić information content (AvgIpc) is 3.08. The van der Waals surface area contributed by atoms with E-state index in [0.717, 1.165) is 19.0 Å². The number of carbonyl (C=O) groups excluding carboxylic acids is 1. The van der Waals surface area contributed by atoms with Crippen LogP contribution in [-0.4, -0.2) is 26.8 Å². The molecule has 6 nitrogen and oxygen atoms in total. The van der Waals surface area contributed by atoms with Gasteiger partial charge in [0.15, 0.2) is 0 Å². The second-order valence-corrected chi connectivity index (χ2v) is 8.35. The zero-order valence-electron chi connectivity index (χ0n) is 16.7. The van der Waals surface area contributed by atoms with E-state index in [1.807, 2.05) is 6.92 Å². The molecule has 1 aromatic carbocycles. The molecule has 0 aliphatic heterocycles. The minimum atomic E-state index is -2.74. The number of aromatic nitrogens is 3. The largest absolute Gasteiger partial charge is 0.490 e. The van der Waals surface area contributed by atoms with Gasteiger partial charge in [0, 0.05) is 17.5 Å². The van der Waals surface area contributed by atoms with E-state index in [4.69, 9.17) is 4.74 Å². The Morgan fingerprint density at radius 2 is 2.03 bits per heavy atom. The lowest BCUT2D eigenvalue weighted by Gasteiger charge is -2.20. The molecular weight excluding hydrogens is 409 g/mol. The second kappa shape index (κ2) is 7.55. The second-order valence-electron chi connectivity index (χ2n) is 8.35. The molecule has 0 radical (unpaired) electrons. The predicted molar refractivity (Wildman–Crippen MR) is 107 cm³/mol. The maximum Gasteiger partial charge on any atom is 0.333 e. The number of hydrogen-bond donors (Lipinski definition) is 1. The Morgan fingerprint density at radius 3 is 2.74 bits per heavy atom. The minimum absolute atomic E-state index is 0.0136.